The maximum atomic E-state index is 13.6. The summed E-state index contributed by atoms with van der Waals surface area (Å²) in [4.78, 5) is 12.1. The summed E-state index contributed by atoms with van der Waals surface area (Å²) in [5.74, 6) is -1.17. The van der Waals surface area contributed by atoms with Gasteiger partial charge in [0.25, 0.3) is 0 Å². The zero-order chi connectivity index (χ0) is 19.2. The normalized spacial score (nSPS) is 19.5. The molecule has 0 bridgehead atoms. The summed E-state index contributed by atoms with van der Waals surface area (Å²) in [5.41, 5.74) is 0.714. The first-order valence-electron chi connectivity index (χ1n) is 8.89. The predicted octanol–water partition coefficient (Wildman–Crippen LogP) is 5.22. The average molecular weight is 486 g/mol. The van der Waals surface area contributed by atoms with Gasteiger partial charge in [-0.2, -0.15) is 0 Å². The Morgan fingerprint density at radius 2 is 1.67 bits per heavy atom. The highest BCUT2D eigenvalue weighted by molar-refractivity contribution is 14.1. The van der Waals surface area contributed by atoms with Crippen molar-refractivity contribution in [3.8, 4) is 0 Å². The fourth-order valence-corrected chi connectivity index (χ4v) is 3.49. The number of urea groups is 1. The van der Waals surface area contributed by atoms with E-state index in [-0.39, 0.29) is 30.3 Å². The lowest BCUT2D eigenvalue weighted by molar-refractivity contribution is 0.00964. The van der Waals surface area contributed by atoms with E-state index in [0.29, 0.717) is 0 Å². The molecule has 1 aliphatic carbocycles. The molecule has 7 heteroatoms. The lowest BCUT2D eigenvalue weighted by Gasteiger charge is -2.29. The van der Waals surface area contributed by atoms with E-state index >= 15 is 0 Å². The molecule has 3 rings (SSSR count). The second kappa shape index (κ2) is 9.45. The molecule has 144 valence electrons. The Balaban J connectivity index is 1.41. The number of nitrogens with one attached hydrogen (secondary N) is 2. The molecule has 0 spiro atoms. The number of hydrogen-bond acceptors (Lipinski definition) is 2. The topological polar surface area (TPSA) is 50.4 Å². The van der Waals surface area contributed by atoms with Gasteiger partial charge in [-0.3, -0.25) is 0 Å². The van der Waals surface area contributed by atoms with Crippen molar-refractivity contribution < 1.29 is 18.3 Å². The fourth-order valence-electron chi connectivity index (χ4n) is 3.13. The number of carbonyl (C=O) groups excluding carboxylic acids is 1. The van der Waals surface area contributed by atoms with Gasteiger partial charge in [0.15, 0.2) is 0 Å². The van der Waals surface area contributed by atoms with E-state index < -0.39 is 11.6 Å². The van der Waals surface area contributed by atoms with E-state index in [2.05, 4.69) is 33.2 Å². The summed E-state index contributed by atoms with van der Waals surface area (Å²) >= 11 is 2.21. The van der Waals surface area contributed by atoms with E-state index in [0.717, 1.165) is 34.9 Å². The van der Waals surface area contributed by atoms with Crippen molar-refractivity contribution in [1.82, 2.24) is 5.32 Å². The Bertz CT molecular complexity index is 758. The molecule has 27 heavy (non-hydrogen) atoms. The smallest absolute Gasteiger partial charge is 0.319 e. The number of halogens is 3. The summed E-state index contributed by atoms with van der Waals surface area (Å²) in [6, 6.07) is 11.2. The van der Waals surface area contributed by atoms with E-state index in [1.807, 2.05) is 24.3 Å². The third-order valence-corrected chi connectivity index (χ3v) is 5.36. The molecule has 0 unspecified atom stereocenters. The number of anilines is 1. The van der Waals surface area contributed by atoms with Crippen molar-refractivity contribution >= 4 is 34.3 Å². The quantitative estimate of drug-likeness (QED) is 0.570. The van der Waals surface area contributed by atoms with E-state index in [1.54, 1.807) is 0 Å². The first-order valence-corrected chi connectivity index (χ1v) is 9.96. The maximum absolute atomic E-state index is 13.6. The fraction of sp³-hybridized carbons (Fsp3) is 0.350. The molecule has 0 aromatic heterocycles. The van der Waals surface area contributed by atoms with E-state index in [4.69, 9.17) is 4.74 Å². The summed E-state index contributed by atoms with van der Waals surface area (Å²) < 4.78 is 34.1. The highest BCUT2D eigenvalue weighted by Gasteiger charge is 2.23. The predicted molar refractivity (Wildman–Crippen MR) is 109 cm³/mol. The van der Waals surface area contributed by atoms with Crippen LogP contribution in [0.1, 0.15) is 31.2 Å². The molecule has 0 aliphatic heterocycles. The minimum absolute atomic E-state index is 0.0327. The number of carbonyl (C=O) groups is 1. The second-order valence-electron chi connectivity index (χ2n) is 6.59. The summed E-state index contributed by atoms with van der Waals surface area (Å²) in [5, 5.41) is 5.79. The van der Waals surface area contributed by atoms with Crippen LogP contribution in [0.3, 0.4) is 0 Å². The van der Waals surface area contributed by atoms with Gasteiger partial charge in [0, 0.05) is 20.9 Å². The second-order valence-corrected chi connectivity index (χ2v) is 7.84. The van der Waals surface area contributed by atoms with Gasteiger partial charge >= 0.3 is 6.03 Å². The largest absolute Gasteiger partial charge is 0.373 e. The zero-order valence-electron chi connectivity index (χ0n) is 14.7. The Morgan fingerprint density at radius 3 is 2.30 bits per heavy atom. The molecule has 0 saturated heterocycles. The molecular weight excluding hydrogens is 465 g/mol. The van der Waals surface area contributed by atoms with Crippen LogP contribution in [-0.2, 0) is 11.3 Å². The van der Waals surface area contributed by atoms with Gasteiger partial charge in [-0.25, -0.2) is 13.6 Å². The van der Waals surface area contributed by atoms with Crippen LogP contribution < -0.4 is 10.6 Å². The van der Waals surface area contributed by atoms with Crippen LogP contribution in [-0.4, -0.2) is 18.2 Å². The van der Waals surface area contributed by atoms with Crippen LogP contribution >= 0.6 is 22.6 Å². The summed E-state index contributed by atoms with van der Waals surface area (Å²) in [6.45, 7) is -0.0748. The first kappa shape index (κ1) is 20.0. The minimum Gasteiger partial charge on any atom is -0.373 e. The highest BCUT2D eigenvalue weighted by atomic mass is 127. The van der Waals surface area contributed by atoms with Crippen molar-refractivity contribution in [2.75, 3.05) is 5.32 Å². The molecule has 2 aromatic carbocycles. The molecule has 2 N–H and O–H groups in total. The van der Waals surface area contributed by atoms with Gasteiger partial charge in [0.05, 0.1) is 12.7 Å². The zero-order valence-corrected chi connectivity index (χ0v) is 16.8. The number of ether oxygens (including phenoxy) is 1. The molecule has 0 heterocycles. The number of rotatable bonds is 5. The molecule has 1 aliphatic rings. The van der Waals surface area contributed by atoms with Gasteiger partial charge < -0.3 is 15.4 Å². The van der Waals surface area contributed by atoms with Crippen molar-refractivity contribution in [1.29, 1.82) is 0 Å². The van der Waals surface area contributed by atoms with Crippen molar-refractivity contribution in [3.63, 3.8) is 0 Å². The monoisotopic (exact) mass is 486 g/mol. The SMILES string of the molecule is O=C(Nc1ccc(I)cc1)N[C@H]1CC[C@H](OCc2c(F)cccc2F)CC1. The van der Waals surface area contributed by atoms with Crippen LogP contribution in [0.15, 0.2) is 42.5 Å². The van der Waals surface area contributed by atoms with Crippen LogP contribution in [0.25, 0.3) is 0 Å². The van der Waals surface area contributed by atoms with Gasteiger partial charge in [-0.05, 0) is 84.7 Å². The lowest BCUT2D eigenvalue weighted by Crippen LogP contribution is -2.41. The van der Waals surface area contributed by atoms with Crippen molar-refractivity contribution in [2.45, 2.75) is 44.4 Å². The van der Waals surface area contributed by atoms with Crippen LogP contribution in [0, 0.1) is 15.2 Å². The molecular formula is C20H21F2IN2O2. The summed E-state index contributed by atoms with van der Waals surface area (Å²) in [7, 11) is 0. The first-order chi connectivity index (χ1) is 13.0. The molecule has 1 saturated carbocycles. The molecule has 4 nitrogen and oxygen atoms in total. The van der Waals surface area contributed by atoms with Gasteiger partial charge in [-0.15, -0.1) is 0 Å². The molecule has 2 amide bonds. The highest BCUT2D eigenvalue weighted by Crippen LogP contribution is 2.23. The van der Waals surface area contributed by atoms with Crippen molar-refractivity contribution in [2.24, 2.45) is 0 Å². The van der Waals surface area contributed by atoms with Crippen LogP contribution in [0.4, 0.5) is 19.3 Å². The minimum atomic E-state index is -0.586. The number of benzene rings is 2. The van der Waals surface area contributed by atoms with Crippen LogP contribution in [0.5, 0.6) is 0 Å². The summed E-state index contributed by atoms with van der Waals surface area (Å²) in [6.07, 6.45) is 2.96. The van der Waals surface area contributed by atoms with E-state index in [9.17, 15) is 13.6 Å². The molecule has 1 fully saturated rings. The molecule has 0 radical (unpaired) electrons. The molecule has 2 aromatic rings. The molecule has 0 atom stereocenters. The average Bonchev–Trinajstić information content (AvgIpc) is 2.64. The van der Waals surface area contributed by atoms with Gasteiger partial charge in [0.2, 0.25) is 0 Å². The lowest BCUT2D eigenvalue weighted by atomic mass is 9.93. The Morgan fingerprint density at radius 1 is 1.04 bits per heavy atom. The van der Waals surface area contributed by atoms with E-state index in [1.165, 1.54) is 18.2 Å². The number of amides is 2. The third-order valence-electron chi connectivity index (χ3n) is 4.64. The van der Waals surface area contributed by atoms with Crippen molar-refractivity contribution in [3.05, 3.63) is 63.2 Å². The standard InChI is InChI=1S/C20H21F2IN2O2/c21-18-2-1-3-19(22)17(18)12-27-16-10-8-15(9-11-16)25-20(26)24-14-6-4-13(23)5-7-14/h1-7,15-16H,8-12H2,(H2,24,25,26)/t15-,16-. The number of hydrogen-bond donors (Lipinski definition) is 2. The van der Waals surface area contributed by atoms with Gasteiger partial charge in [-0.1, -0.05) is 6.07 Å². The van der Waals surface area contributed by atoms with Crippen LogP contribution in [0.2, 0.25) is 0 Å². The Hall–Kier alpha value is -1.74. The Labute approximate surface area is 170 Å². The Kier molecular flexibility index (Phi) is 7.01. The maximum Gasteiger partial charge on any atom is 0.319 e. The third kappa shape index (κ3) is 5.87. The van der Waals surface area contributed by atoms with Gasteiger partial charge in [0.1, 0.15) is 11.6 Å².